The van der Waals surface area contributed by atoms with E-state index in [-0.39, 0.29) is 0 Å². The molecule has 1 aromatic heterocycles. The van der Waals surface area contributed by atoms with E-state index in [4.69, 9.17) is 5.26 Å². The van der Waals surface area contributed by atoms with Crippen molar-refractivity contribution in [2.24, 2.45) is 24.8 Å². The first-order chi connectivity index (χ1) is 8.68. The van der Waals surface area contributed by atoms with E-state index in [0.717, 1.165) is 17.8 Å². The van der Waals surface area contributed by atoms with Crippen LogP contribution in [0.1, 0.15) is 49.9 Å². The zero-order valence-electron chi connectivity index (χ0n) is 10.9. The Hall–Kier alpha value is -1.30. The summed E-state index contributed by atoms with van der Waals surface area (Å²) in [5.74, 6) is 2.82. The average Bonchev–Trinajstić information content (AvgIpc) is 2.69. The quantitative estimate of drug-likeness (QED) is 0.758. The van der Waals surface area contributed by atoms with Crippen LogP contribution in [-0.2, 0) is 12.5 Å². The second kappa shape index (κ2) is 3.38. The summed E-state index contributed by atoms with van der Waals surface area (Å²) in [6, 6.07) is 4.24. The van der Waals surface area contributed by atoms with E-state index >= 15 is 0 Å². The molecule has 3 heteroatoms. The Bertz CT molecular complexity index is 499. The molecule has 4 saturated carbocycles. The molecule has 4 fully saturated rings. The number of rotatable bonds is 1. The molecule has 3 nitrogen and oxygen atoms in total. The van der Waals surface area contributed by atoms with Crippen LogP contribution in [0.4, 0.5) is 0 Å². The van der Waals surface area contributed by atoms with Gasteiger partial charge < -0.3 is 0 Å². The molecule has 0 spiro atoms. The first-order valence-corrected chi connectivity index (χ1v) is 7.13. The fraction of sp³-hybridized carbons (Fsp3) is 0.733. The minimum Gasteiger partial charge on any atom is -0.271 e. The van der Waals surface area contributed by atoms with E-state index in [1.165, 1.54) is 44.2 Å². The van der Waals surface area contributed by atoms with Crippen LogP contribution in [0.5, 0.6) is 0 Å². The van der Waals surface area contributed by atoms with Crippen LogP contribution in [0.25, 0.3) is 0 Å². The molecule has 0 aromatic carbocycles. The summed E-state index contributed by atoms with van der Waals surface area (Å²) in [6.45, 7) is 0. The van der Waals surface area contributed by atoms with Crippen LogP contribution < -0.4 is 0 Å². The molecule has 4 bridgehead atoms. The number of hydrogen-bond acceptors (Lipinski definition) is 2. The van der Waals surface area contributed by atoms with Gasteiger partial charge in [0.1, 0.15) is 6.07 Å². The highest BCUT2D eigenvalue weighted by atomic mass is 15.3. The first kappa shape index (κ1) is 10.6. The lowest BCUT2D eigenvalue weighted by atomic mass is 9.49. The summed E-state index contributed by atoms with van der Waals surface area (Å²) >= 11 is 0. The van der Waals surface area contributed by atoms with Crippen LogP contribution in [0, 0.1) is 29.1 Å². The Balaban J connectivity index is 1.79. The van der Waals surface area contributed by atoms with E-state index in [1.54, 1.807) is 0 Å². The lowest BCUT2D eigenvalue weighted by Gasteiger charge is -2.56. The second-order valence-corrected chi connectivity index (χ2v) is 6.85. The molecule has 18 heavy (non-hydrogen) atoms. The Morgan fingerprint density at radius 3 is 2.22 bits per heavy atom. The molecule has 0 amide bonds. The lowest BCUT2D eigenvalue weighted by molar-refractivity contribution is -0.00887. The summed E-state index contributed by atoms with van der Waals surface area (Å²) in [5, 5.41) is 13.4. The zero-order chi connectivity index (χ0) is 12.3. The average molecular weight is 241 g/mol. The van der Waals surface area contributed by atoms with E-state index in [1.807, 2.05) is 17.8 Å². The molecule has 0 aliphatic heterocycles. The normalized spacial score (nSPS) is 41.0. The number of hydrogen-bond donors (Lipinski definition) is 0. The van der Waals surface area contributed by atoms with Crippen molar-refractivity contribution in [3.63, 3.8) is 0 Å². The standard InChI is InChI=1S/C15H19N3/c1-18-14(5-13(9-16)17-18)15-6-10-2-11(7-15)4-12(3-10)8-15/h5,10-12H,2-4,6-8H2,1H3. The molecule has 0 atom stereocenters. The molecule has 0 saturated heterocycles. The highest BCUT2D eigenvalue weighted by Gasteiger charge is 2.52. The minimum absolute atomic E-state index is 0.353. The molecule has 0 N–H and O–H groups in total. The smallest absolute Gasteiger partial charge is 0.162 e. The number of nitriles is 1. The van der Waals surface area contributed by atoms with E-state index in [9.17, 15) is 0 Å². The zero-order valence-corrected chi connectivity index (χ0v) is 10.9. The van der Waals surface area contributed by atoms with Crippen LogP contribution in [0.2, 0.25) is 0 Å². The Kier molecular flexibility index (Phi) is 1.99. The van der Waals surface area contributed by atoms with E-state index in [0.29, 0.717) is 11.1 Å². The van der Waals surface area contributed by atoms with Gasteiger partial charge in [0.15, 0.2) is 5.69 Å². The maximum Gasteiger partial charge on any atom is 0.162 e. The van der Waals surface area contributed by atoms with Gasteiger partial charge in [0.2, 0.25) is 0 Å². The number of aromatic nitrogens is 2. The van der Waals surface area contributed by atoms with Crippen molar-refractivity contribution in [2.45, 2.75) is 43.9 Å². The third-order valence-electron chi connectivity index (χ3n) is 5.58. The van der Waals surface area contributed by atoms with Crippen molar-refractivity contribution < 1.29 is 0 Å². The second-order valence-electron chi connectivity index (χ2n) is 6.85. The summed E-state index contributed by atoms with van der Waals surface area (Å²) in [4.78, 5) is 0. The Morgan fingerprint density at radius 1 is 1.22 bits per heavy atom. The predicted molar refractivity (Wildman–Crippen MR) is 67.8 cm³/mol. The molecule has 1 aromatic rings. The van der Waals surface area contributed by atoms with Crippen molar-refractivity contribution in [1.29, 1.82) is 5.26 Å². The molecule has 94 valence electrons. The topological polar surface area (TPSA) is 41.6 Å². The van der Waals surface area contributed by atoms with Crippen molar-refractivity contribution in [3.05, 3.63) is 17.5 Å². The van der Waals surface area contributed by atoms with Gasteiger partial charge in [0.05, 0.1) is 0 Å². The molecule has 1 heterocycles. The minimum atomic E-state index is 0.353. The molecular weight excluding hydrogens is 222 g/mol. The SMILES string of the molecule is Cn1nc(C#N)cc1C12CC3CC(CC(C3)C1)C2. The molecular formula is C15H19N3. The molecule has 4 aliphatic carbocycles. The van der Waals surface area contributed by atoms with Gasteiger partial charge in [0, 0.05) is 18.2 Å². The third kappa shape index (κ3) is 1.32. The molecule has 5 rings (SSSR count). The first-order valence-electron chi connectivity index (χ1n) is 7.13. The van der Waals surface area contributed by atoms with Crippen LogP contribution in [-0.4, -0.2) is 9.78 Å². The van der Waals surface area contributed by atoms with E-state index < -0.39 is 0 Å². The van der Waals surface area contributed by atoms with Gasteiger partial charge in [-0.15, -0.1) is 0 Å². The predicted octanol–water partition coefficient (Wildman–Crippen LogP) is 2.76. The van der Waals surface area contributed by atoms with Crippen molar-refractivity contribution in [3.8, 4) is 6.07 Å². The fourth-order valence-electron chi connectivity index (χ4n) is 5.44. The summed E-state index contributed by atoms with van der Waals surface area (Å²) in [7, 11) is 2.01. The maximum atomic E-state index is 9.03. The Labute approximate surface area is 108 Å². The van der Waals surface area contributed by atoms with Crippen molar-refractivity contribution >= 4 is 0 Å². The van der Waals surface area contributed by atoms with Crippen molar-refractivity contribution in [2.75, 3.05) is 0 Å². The summed E-state index contributed by atoms with van der Waals surface area (Å²) in [6.07, 6.45) is 8.39. The molecule has 4 aliphatic rings. The monoisotopic (exact) mass is 241 g/mol. The van der Waals surface area contributed by atoms with Crippen LogP contribution in [0.15, 0.2) is 6.07 Å². The van der Waals surface area contributed by atoms with Gasteiger partial charge in [-0.05, 0) is 62.3 Å². The van der Waals surface area contributed by atoms with Gasteiger partial charge in [-0.2, -0.15) is 10.4 Å². The fourth-order valence-corrected chi connectivity index (χ4v) is 5.44. The van der Waals surface area contributed by atoms with Gasteiger partial charge in [0.25, 0.3) is 0 Å². The Morgan fingerprint density at radius 2 is 1.78 bits per heavy atom. The lowest BCUT2D eigenvalue weighted by Crippen LogP contribution is -2.49. The van der Waals surface area contributed by atoms with Crippen LogP contribution in [0.3, 0.4) is 0 Å². The largest absolute Gasteiger partial charge is 0.271 e. The number of aryl methyl sites for hydroxylation is 1. The molecule has 0 radical (unpaired) electrons. The van der Waals surface area contributed by atoms with Gasteiger partial charge >= 0.3 is 0 Å². The summed E-state index contributed by atoms with van der Waals surface area (Å²) < 4.78 is 1.98. The highest BCUT2D eigenvalue weighted by Crippen LogP contribution is 2.60. The highest BCUT2D eigenvalue weighted by molar-refractivity contribution is 5.30. The van der Waals surface area contributed by atoms with Crippen molar-refractivity contribution in [1.82, 2.24) is 9.78 Å². The maximum absolute atomic E-state index is 9.03. The molecule has 0 unspecified atom stereocenters. The van der Waals surface area contributed by atoms with E-state index in [2.05, 4.69) is 11.2 Å². The van der Waals surface area contributed by atoms with Gasteiger partial charge in [-0.3, -0.25) is 4.68 Å². The number of nitrogens with zero attached hydrogens (tertiary/aromatic N) is 3. The van der Waals surface area contributed by atoms with Gasteiger partial charge in [-0.1, -0.05) is 0 Å². The van der Waals surface area contributed by atoms with Gasteiger partial charge in [-0.25, -0.2) is 0 Å². The summed E-state index contributed by atoms with van der Waals surface area (Å²) in [5.41, 5.74) is 2.27. The van der Waals surface area contributed by atoms with Crippen LogP contribution >= 0.6 is 0 Å². The third-order valence-corrected chi connectivity index (χ3v) is 5.58.